The van der Waals surface area contributed by atoms with Crippen LogP contribution < -0.4 is 5.73 Å². The molecule has 2 heteroatoms. The maximum absolute atomic E-state index is 5.13. The van der Waals surface area contributed by atoms with E-state index in [-0.39, 0.29) is 0 Å². The molecule has 0 fully saturated rings. The topological polar surface area (TPSA) is 26.0 Å². The molecule has 0 aliphatic heterocycles. The standard InChI is InChI=1S/C3H9NSi/c4-2-1-3-5/h5H,1-4H2. The van der Waals surface area contributed by atoms with Gasteiger partial charge in [0, 0.05) is 10.2 Å². The average molecular weight is 87.2 g/mol. The molecular formula is C3H9NSi. The third-order valence-corrected chi connectivity index (χ3v) is 0.816. The fraction of sp³-hybridized carbons (Fsp3) is 1.00. The van der Waals surface area contributed by atoms with Crippen LogP contribution in [-0.2, 0) is 0 Å². The Kier molecular flexibility index (Phi) is 4.32. The molecule has 0 saturated heterocycles. The van der Waals surface area contributed by atoms with E-state index in [2.05, 4.69) is 10.2 Å². The van der Waals surface area contributed by atoms with E-state index in [0.717, 1.165) is 19.0 Å². The molecule has 0 aromatic heterocycles. The highest BCUT2D eigenvalue weighted by Crippen LogP contribution is 1.74. The third kappa shape index (κ3) is 4.18. The van der Waals surface area contributed by atoms with Gasteiger partial charge >= 0.3 is 0 Å². The third-order valence-electron chi connectivity index (χ3n) is 0.408. The van der Waals surface area contributed by atoms with E-state index in [1.165, 1.54) is 0 Å². The summed E-state index contributed by atoms with van der Waals surface area (Å²) in [7, 11) is 2.62. The lowest BCUT2D eigenvalue weighted by Crippen LogP contribution is -1.96. The second-order valence-corrected chi connectivity index (χ2v) is 1.51. The molecule has 0 aromatic rings. The maximum Gasteiger partial charge on any atom is 0.0144 e. The van der Waals surface area contributed by atoms with Crippen LogP contribution in [0.15, 0.2) is 0 Å². The van der Waals surface area contributed by atoms with Gasteiger partial charge in [-0.3, -0.25) is 0 Å². The molecule has 0 aliphatic rings. The van der Waals surface area contributed by atoms with E-state index in [1.54, 1.807) is 0 Å². The van der Waals surface area contributed by atoms with Crippen LogP contribution >= 0.6 is 0 Å². The molecule has 2 N–H and O–H groups in total. The van der Waals surface area contributed by atoms with E-state index < -0.39 is 0 Å². The molecule has 0 rings (SSSR count). The van der Waals surface area contributed by atoms with Crippen molar-refractivity contribution in [1.82, 2.24) is 0 Å². The second-order valence-electron chi connectivity index (χ2n) is 0.931. The van der Waals surface area contributed by atoms with Crippen LogP contribution in [0.25, 0.3) is 0 Å². The van der Waals surface area contributed by atoms with Gasteiger partial charge in [-0.25, -0.2) is 0 Å². The molecule has 1 nitrogen and oxygen atoms in total. The van der Waals surface area contributed by atoms with Crippen LogP contribution in [0.4, 0.5) is 0 Å². The van der Waals surface area contributed by atoms with E-state index in [9.17, 15) is 0 Å². The summed E-state index contributed by atoms with van der Waals surface area (Å²) in [5, 5.41) is 0. The Bertz CT molecular complexity index is 14.4. The first-order valence-electron chi connectivity index (χ1n) is 1.82. The molecule has 30 valence electrons. The zero-order chi connectivity index (χ0) is 4.12. The minimum atomic E-state index is 0.823. The molecule has 0 unspecified atom stereocenters. The summed E-state index contributed by atoms with van der Waals surface area (Å²) in [6.07, 6.45) is 1.13. The van der Waals surface area contributed by atoms with E-state index >= 15 is 0 Å². The largest absolute Gasteiger partial charge is 0.330 e. The minimum absolute atomic E-state index is 0.823. The van der Waals surface area contributed by atoms with E-state index in [1.807, 2.05) is 0 Å². The SMILES string of the molecule is NCCC[SiH]. The monoisotopic (exact) mass is 87.1 g/mol. The van der Waals surface area contributed by atoms with Crippen LogP contribution in [0.1, 0.15) is 6.42 Å². The number of rotatable bonds is 2. The molecule has 0 aromatic carbocycles. The highest BCUT2D eigenvalue weighted by Gasteiger charge is 1.68. The van der Waals surface area contributed by atoms with Gasteiger partial charge in [0.2, 0.25) is 0 Å². The molecule has 0 saturated carbocycles. The lowest BCUT2D eigenvalue weighted by atomic mass is 10.5. The van der Waals surface area contributed by atoms with Crippen molar-refractivity contribution in [3.05, 3.63) is 0 Å². The smallest absolute Gasteiger partial charge is 0.0144 e. The first-order chi connectivity index (χ1) is 2.41. The van der Waals surface area contributed by atoms with Gasteiger partial charge in [0.25, 0.3) is 0 Å². The minimum Gasteiger partial charge on any atom is -0.330 e. The molecule has 0 aliphatic carbocycles. The molecule has 0 atom stereocenters. The molecule has 2 radical (unpaired) electrons. The van der Waals surface area contributed by atoms with Gasteiger partial charge in [-0.05, 0) is 13.0 Å². The molecule has 0 spiro atoms. The Labute approximate surface area is 36.0 Å². The van der Waals surface area contributed by atoms with Crippen molar-refractivity contribution in [1.29, 1.82) is 0 Å². The second kappa shape index (κ2) is 4.18. The number of hydrogen-bond acceptors (Lipinski definition) is 1. The molecule has 5 heavy (non-hydrogen) atoms. The summed E-state index contributed by atoms with van der Waals surface area (Å²) < 4.78 is 0. The summed E-state index contributed by atoms with van der Waals surface area (Å²) in [6.45, 7) is 0.823. The van der Waals surface area contributed by atoms with Gasteiger partial charge < -0.3 is 5.73 Å². The van der Waals surface area contributed by atoms with Crippen molar-refractivity contribution in [3.63, 3.8) is 0 Å². The molecular weight excluding hydrogens is 78.1 g/mol. The van der Waals surface area contributed by atoms with Crippen molar-refractivity contribution in [3.8, 4) is 0 Å². The lowest BCUT2D eigenvalue weighted by molar-refractivity contribution is 0.930. The molecule has 0 heterocycles. The van der Waals surface area contributed by atoms with Gasteiger partial charge in [-0.1, -0.05) is 6.04 Å². The highest BCUT2D eigenvalue weighted by molar-refractivity contribution is 6.08. The Balaban J connectivity index is 2.19. The summed E-state index contributed by atoms with van der Waals surface area (Å²) in [5.41, 5.74) is 5.13. The summed E-state index contributed by atoms with van der Waals surface area (Å²) >= 11 is 0. The predicted octanol–water partition coefficient (Wildman–Crippen LogP) is -0.346. The average Bonchev–Trinajstić information content (AvgIpc) is 1.41. The Morgan fingerprint density at radius 1 is 1.60 bits per heavy atom. The Hall–Kier alpha value is 0.177. The van der Waals surface area contributed by atoms with Crippen LogP contribution in [-0.4, -0.2) is 16.8 Å². The van der Waals surface area contributed by atoms with Crippen molar-refractivity contribution in [2.75, 3.05) is 6.54 Å². The predicted molar refractivity (Wildman–Crippen MR) is 25.6 cm³/mol. The fourth-order valence-electron chi connectivity index (χ4n) is 0.118. The number of nitrogens with two attached hydrogens (primary N) is 1. The Morgan fingerprint density at radius 2 is 2.20 bits per heavy atom. The van der Waals surface area contributed by atoms with Crippen molar-refractivity contribution in [2.24, 2.45) is 5.73 Å². The zero-order valence-electron chi connectivity index (χ0n) is 3.28. The van der Waals surface area contributed by atoms with E-state index in [0.29, 0.717) is 0 Å². The normalized spacial score (nSPS) is 8.40. The van der Waals surface area contributed by atoms with Crippen molar-refractivity contribution in [2.45, 2.75) is 12.5 Å². The Morgan fingerprint density at radius 3 is 2.20 bits per heavy atom. The highest BCUT2D eigenvalue weighted by atomic mass is 28.1. The zero-order valence-corrected chi connectivity index (χ0v) is 4.43. The van der Waals surface area contributed by atoms with Crippen LogP contribution in [0.3, 0.4) is 0 Å². The van der Waals surface area contributed by atoms with Crippen molar-refractivity contribution >= 4 is 10.2 Å². The molecule has 0 bridgehead atoms. The van der Waals surface area contributed by atoms with Crippen LogP contribution in [0, 0.1) is 0 Å². The fourth-order valence-corrected chi connectivity index (χ4v) is 0.354. The van der Waals surface area contributed by atoms with E-state index in [4.69, 9.17) is 5.73 Å². The summed E-state index contributed by atoms with van der Waals surface area (Å²) in [4.78, 5) is 0. The van der Waals surface area contributed by atoms with Crippen LogP contribution in [0.2, 0.25) is 6.04 Å². The lowest BCUT2D eigenvalue weighted by Gasteiger charge is -1.80. The van der Waals surface area contributed by atoms with Gasteiger partial charge in [0.05, 0.1) is 0 Å². The van der Waals surface area contributed by atoms with Crippen molar-refractivity contribution < 1.29 is 0 Å². The first-order valence-corrected chi connectivity index (χ1v) is 2.63. The van der Waals surface area contributed by atoms with Gasteiger partial charge in [0.1, 0.15) is 0 Å². The summed E-state index contributed by atoms with van der Waals surface area (Å²) in [6, 6.07) is 1.14. The molecule has 0 amide bonds. The first kappa shape index (κ1) is 5.18. The maximum atomic E-state index is 5.13. The van der Waals surface area contributed by atoms with Gasteiger partial charge in [0.15, 0.2) is 0 Å². The van der Waals surface area contributed by atoms with Gasteiger partial charge in [-0.15, -0.1) is 0 Å². The van der Waals surface area contributed by atoms with Gasteiger partial charge in [-0.2, -0.15) is 0 Å². The number of hydrogen-bond donors (Lipinski definition) is 1. The summed E-state index contributed by atoms with van der Waals surface area (Å²) in [5.74, 6) is 0. The quantitative estimate of drug-likeness (QED) is 0.458. The van der Waals surface area contributed by atoms with Crippen LogP contribution in [0.5, 0.6) is 0 Å².